The van der Waals surface area contributed by atoms with E-state index in [1.807, 2.05) is 25.1 Å². The van der Waals surface area contributed by atoms with E-state index in [4.69, 9.17) is 16.1 Å². The summed E-state index contributed by atoms with van der Waals surface area (Å²) in [5, 5.41) is 7.21. The smallest absolute Gasteiger partial charge is 0.257 e. The first-order valence-electron chi connectivity index (χ1n) is 7.63. The van der Waals surface area contributed by atoms with Crippen molar-refractivity contribution < 1.29 is 9.32 Å². The van der Waals surface area contributed by atoms with Gasteiger partial charge < -0.3 is 14.7 Å². The summed E-state index contributed by atoms with van der Waals surface area (Å²) in [6.07, 6.45) is 0. The lowest BCUT2D eigenvalue weighted by Gasteiger charge is -2.18. The zero-order chi connectivity index (χ0) is 18.0. The van der Waals surface area contributed by atoms with E-state index in [9.17, 15) is 4.79 Å². The van der Waals surface area contributed by atoms with E-state index in [0.29, 0.717) is 28.0 Å². The van der Waals surface area contributed by atoms with Crippen molar-refractivity contribution in [3.63, 3.8) is 0 Å². The largest absolute Gasteiger partial charge is 0.376 e. The Labute approximate surface area is 150 Å². The Morgan fingerprint density at radius 3 is 2.48 bits per heavy atom. The first-order chi connectivity index (χ1) is 11.9. The maximum Gasteiger partial charge on any atom is 0.257 e. The highest BCUT2D eigenvalue weighted by Crippen LogP contribution is 2.28. The standard InChI is InChI=1S/C18H17ClN4O2/c1-11-20-18(25-22-11)13-6-4-12(5-7-13)17(24)21-15-10-14(19)8-9-16(15)23(2)3/h4-10H,1-3H3,(H,21,24). The maximum atomic E-state index is 12.5. The van der Waals surface area contributed by atoms with Crippen molar-refractivity contribution in [1.29, 1.82) is 0 Å². The minimum Gasteiger partial charge on any atom is -0.376 e. The fourth-order valence-electron chi connectivity index (χ4n) is 2.37. The zero-order valence-corrected chi connectivity index (χ0v) is 14.8. The van der Waals surface area contributed by atoms with Crippen LogP contribution in [0.2, 0.25) is 5.02 Å². The lowest BCUT2D eigenvalue weighted by atomic mass is 10.1. The van der Waals surface area contributed by atoms with Gasteiger partial charge in [0.15, 0.2) is 5.82 Å². The van der Waals surface area contributed by atoms with E-state index in [2.05, 4.69) is 15.5 Å². The molecular weight excluding hydrogens is 340 g/mol. The number of hydrogen-bond acceptors (Lipinski definition) is 5. The molecule has 128 valence electrons. The fourth-order valence-corrected chi connectivity index (χ4v) is 2.54. The Kier molecular flexibility index (Phi) is 4.72. The number of amides is 1. The first-order valence-corrected chi connectivity index (χ1v) is 8.01. The van der Waals surface area contributed by atoms with Gasteiger partial charge in [-0.2, -0.15) is 4.98 Å². The van der Waals surface area contributed by atoms with Gasteiger partial charge in [0, 0.05) is 30.2 Å². The van der Waals surface area contributed by atoms with Crippen LogP contribution < -0.4 is 10.2 Å². The van der Waals surface area contributed by atoms with Crippen molar-refractivity contribution >= 4 is 28.9 Å². The molecule has 0 fully saturated rings. The molecule has 6 nitrogen and oxygen atoms in total. The highest BCUT2D eigenvalue weighted by atomic mass is 35.5. The van der Waals surface area contributed by atoms with Gasteiger partial charge in [-0.3, -0.25) is 4.79 Å². The molecule has 0 aliphatic carbocycles. The number of carbonyl (C=O) groups excluding carboxylic acids is 1. The number of nitrogens with one attached hydrogen (secondary N) is 1. The number of hydrogen-bond donors (Lipinski definition) is 1. The molecule has 0 radical (unpaired) electrons. The van der Waals surface area contributed by atoms with Gasteiger partial charge in [0.2, 0.25) is 0 Å². The van der Waals surface area contributed by atoms with Gasteiger partial charge in [-0.05, 0) is 49.4 Å². The molecule has 2 aromatic carbocycles. The number of benzene rings is 2. The molecule has 1 amide bonds. The van der Waals surface area contributed by atoms with E-state index < -0.39 is 0 Å². The van der Waals surface area contributed by atoms with Crippen LogP contribution in [0.1, 0.15) is 16.2 Å². The minimum absolute atomic E-state index is 0.223. The van der Waals surface area contributed by atoms with Gasteiger partial charge in [0.05, 0.1) is 11.4 Å². The summed E-state index contributed by atoms with van der Waals surface area (Å²) < 4.78 is 5.12. The van der Waals surface area contributed by atoms with Crippen LogP contribution in [0.4, 0.5) is 11.4 Å². The lowest BCUT2D eigenvalue weighted by molar-refractivity contribution is 0.102. The van der Waals surface area contributed by atoms with Crippen LogP contribution in [0.15, 0.2) is 47.0 Å². The lowest BCUT2D eigenvalue weighted by Crippen LogP contribution is -2.16. The molecule has 1 heterocycles. The molecular formula is C18H17ClN4O2. The summed E-state index contributed by atoms with van der Waals surface area (Å²) in [6, 6.07) is 12.3. The quantitative estimate of drug-likeness (QED) is 0.764. The van der Waals surface area contributed by atoms with Crippen molar-refractivity contribution in [3.05, 3.63) is 58.9 Å². The van der Waals surface area contributed by atoms with Gasteiger partial charge in [-0.1, -0.05) is 16.8 Å². The number of aryl methyl sites for hydroxylation is 1. The third-order valence-corrected chi connectivity index (χ3v) is 3.85. The van der Waals surface area contributed by atoms with E-state index in [0.717, 1.165) is 11.3 Å². The molecule has 0 aliphatic heterocycles. The Morgan fingerprint density at radius 2 is 1.88 bits per heavy atom. The molecule has 1 N–H and O–H groups in total. The predicted molar refractivity (Wildman–Crippen MR) is 98.2 cm³/mol. The van der Waals surface area contributed by atoms with Gasteiger partial charge in [0.25, 0.3) is 11.8 Å². The van der Waals surface area contributed by atoms with Crippen LogP contribution in [0, 0.1) is 6.92 Å². The second-order valence-electron chi connectivity index (χ2n) is 5.73. The summed E-state index contributed by atoms with van der Waals surface area (Å²) >= 11 is 6.05. The first kappa shape index (κ1) is 17.0. The number of halogens is 1. The topological polar surface area (TPSA) is 71.3 Å². The second-order valence-corrected chi connectivity index (χ2v) is 6.17. The maximum absolute atomic E-state index is 12.5. The minimum atomic E-state index is -0.223. The van der Waals surface area contributed by atoms with Gasteiger partial charge in [0.1, 0.15) is 0 Å². The third kappa shape index (κ3) is 3.80. The van der Waals surface area contributed by atoms with Gasteiger partial charge in [-0.15, -0.1) is 0 Å². The Morgan fingerprint density at radius 1 is 1.16 bits per heavy atom. The predicted octanol–water partition coefficient (Wildman–Crippen LogP) is 4.02. The van der Waals surface area contributed by atoms with Crippen LogP contribution in [0.3, 0.4) is 0 Å². The summed E-state index contributed by atoms with van der Waals surface area (Å²) in [6.45, 7) is 1.75. The fraction of sp³-hybridized carbons (Fsp3) is 0.167. The highest BCUT2D eigenvalue weighted by Gasteiger charge is 2.12. The van der Waals surface area contributed by atoms with Crippen LogP contribution in [0.25, 0.3) is 11.5 Å². The molecule has 25 heavy (non-hydrogen) atoms. The number of anilines is 2. The highest BCUT2D eigenvalue weighted by molar-refractivity contribution is 6.31. The molecule has 0 aliphatic rings. The van der Waals surface area contributed by atoms with Crippen LogP contribution in [-0.4, -0.2) is 30.1 Å². The van der Waals surface area contributed by atoms with Crippen LogP contribution in [-0.2, 0) is 0 Å². The molecule has 3 aromatic rings. The average molecular weight is 357 g/mol. The van der Waals surface area contributed by atoms with E-state index in [-0.39, 0.29) is 5.91 Å². The van der Waals surface area contributed by atoms with E-state index in [1.54, 1.807) is 43.3 Å². The van der Waals surface area contributed by atoms with Crippen LogP contribution >= 0.6 is 11.6 Å². The average Bonchev–Trinajstić information content (AvgIpc) is 3.01. The molecule has 0 saturated heterocycles. The molecule has 0 bridgehead atoms. The number of nitrogens with zero attached hydrogens (tertiary/aromatic N) is 3. The molecule has 0 unspecified atom stereocenters. The SMILES string of the molecule is Cc1noc(-c2ccc(C(=O)Nc3cc(Cl)ccc3N(C)C)cc2)n1. The number of carbonyl (C=O) groups is 1. The van der Waals surface area contributed by atoms with Crippen molar-refractivity contribution in [2.75, 3.05) is 24.3 Å². The molecule has 0 atom stereocenters. The number of rotatable bonds is 4. The molecule has 1 aromatic heterocycles. The van der Waals surface area contributed by atoms with Crippen molar-refractivity contribution in [2.24, 2.45) is 0 Å². The molecule has 0 spiro atoms. The Bertz CT molecular complexity index is 904. The van der Waals surface area contributed by atoms with Crippen molar-refractivity contribution in [2.45, 2.75) is 6.92 Å². The Hall–Kier alpha value is -2.86. The number of aromatic nitrogens is 2. The van der Waals surface area contributed by atoms with E-state index >= 15 is 0 Å². The molecule has 0 saturated carbocycles. The van der Waals surface area contributed by atoms with E-state index in [1.165, 1.54) is 0 Å². The van der Waals surface area contributed by atoms with Crippen LogP contribution in [0.5, 0.6) is 0 Å². The Balaban J connectivity index is 1.81. The van der Waals surface area contributed by atoms with Crippen molar-refractivity contribution in [3.8, 4) is 11.5 Å². The van der Waals surface area contributed by atoms with Crippen molar-refractivity contribution in [1.82, 2.24) is 10.1 Å². The summed E-state index contributed by atoms with van der Waals surface area (Å²) in [7, 11) is 3.81. The molecule has 3 rings (SSSR count). The molecule has 7 heteroatoms. The second kappa shape index (κ2) is 6.94. The normalized spacial score (nSPS) is 10.6. The summed E-state index contributed by atoms with van der Waals surface area (Å²) in [4.78, 5) is 18.6. The monoisotopic (exact) mass is 356 g/mol. The van der Waals surface area contributed by atoms with Gasteiger partial charge >= 0.3 is 0 Å². The van der Waals surface area contributed by atoms with Gasteiger partial charge in [-0.25, -0.2) is 0 Å². The third-order valence-electron chi connectivity index (χ3n) is 3.61. The zero-order valence-electron chi connectivity index (χ0n) is 14.1. The summed E-state index contributed by atoms with van der Waals surface area (Å²) in [5.41, 5.74) is 2.80. The summed E-state index contributed by atoms with van der Waals surface area (Å²) in [5.74, 6) is 0.766.